The molecule has 1 heterocycles. The monoisotopic (exact) mass is 374 g/mol. The van der Waals surface area contributed by atoms with Gasteiger partial charge in [0.05, 0.1) is 5.69 Å². The quantitative estimate of drug-likeness (QED) is 0.739. The van der Waals surface area contributed by atoms with Crippen LogP contribution in [-0.4, -0.2) is 38.1 Å². The lowest BCUT2D eigenvalue weighted by atomic mass is 10.0. The van der Waals surface area contributed by atoms with Gasteiger partial charge in [-0.1, -0.05) is 22.0 Å². The van der Waals surface area contributed by atoms with Crippen LogP contribution in [0.2, 0.25) is 0 Å². The van der Waals surface area contributed by atoms with E-state index in [9.17, 15) is 0 Å². The van der Waals surface area contributed by atoms with Crippen LogP contribution in [0.4, 0.5) is 5.69 Å². The van der Waals surface area contributed by atoms with E-state index >= 15 is 0 Å². The summed E-state index contributed by atoms with van der Waals surface area (Å²) in [4.78, 5) is 4.84. The van der Waals surface area contributed by atoms with Gasteiger partial charge in [0.1, 0.15) is 0 Å². The fourth-order valence-corrected chi connectivity index (χ4v) is 3.51. The first-order chi connectivity index (χ1) is 8.61. The molecule has 1 aliphatic rings. The standard InChI is InChI=1S/C14H20Br2N2/c1-17(2)12-4-3-7-18(10-12)14-6-5-11(9-15)8-13(14)16/h5-6,8,12H,3-4,7,9-10H2,1-2H3. The Morgan fingerprint density at radius 2 is 2.17 bits per heavy atom. The lowest BCUT2D eigenvalue weighted by Crippen LogP contribution is -2.45. The number of rotatable bonds is 3. The first-order valence-electron chi connectivity index (χ1n) is 6.37. The molecule has 0 aliphatic carbocycles. The molecule has 18 heavy (non-hydrogen) atoms. The molecule has 1 fully saturated rings. The van der Waals surface area contributed by atoms with Gasteiger partial charge in [0.2, 0.25) is 0 Å². The normalized spacial score (nSPS) is 20.5. The van der Waals surface area contributed by atoms with E-state index in [1.807, 2.05) is 0 Å². The average molecular weight is 376 g/mol. The maximum atomic E-state index is 3.70. The van der Waals surface area contributed by atoms with E-state index in [1.54, 1.807) is 0 Å². The molecule has 0 N–H and O–H groups in total. The molecule has 1 unspecified atom stereocenters. The van der Waals surface area contributed by atoms with Crippen molar-refractivity contribution in [2.24, 2.45) is 0 Å². The Bertz CT molecular complexity index is 407. The molecule has 0 saturated carbocycles. The van der Waals surface area contributed by atoms with Crippen molar-refractivity contribution in [3.05, 3.63) is 28.2 Å². The predicted octanol–water partition coefficient (Wildman–Crippen LogP) is 3.87. The summed E-state index contributed by atoms with van der Waals surface area (Å²) < 4.78 is 1.21. The number of halogens is 2. The van der Waals surface area contributed by atoms with Crippen molar-refractivity contribution in [2.75, 3.05) is 32.1 Å². The van der Waals surface area contributed by atoms with Gasteiger partial charge in [-0.05, 0) is 60.6 Å². The second-order valence-corrected chi connectivity index (χ2v) is 6.54. The van der Waals surface area contributed by atoms with Gasteiger partial charge >= 0.3 is 0 Å². The van der Waals surface area contributed by atoms with Gasteiger partial charge in [0.15, 0.2) is 0 Å². The third kappa shape index (κ3) is 3.28. The molecule has 1 atom stereocenters. The predicted molar refractivity (Wildman–Crippen MR) is 85.7 cm³/mol. The molecule has 2 rings (SSSR count). The van der Waals surface area contributed by atoms with Crippen LogP contribution in [0.25, 0.3) is 0 Å². The fourth-order valence-electron chi connectivity index (χ4n) is 2.49. The lowest BCUT2D eigenvalue weighted by molar-refractivity contribution is 0.258. The van der Waals surface area contributed by atoms with E-state index < -0.39 is 0 Å². The van der Waals surface area contributed by atoms with Gasteiger partial charge in [-0.3, -0.25) is 0 Å². The molecule has 100 valence electrons. The molecule has 1 saturated heterocycles. The van der Waals surface area contributed by atoms with Crippen molar-refractivity contribution in [3.63, 3.8) is 0 Å². The largest absolute Gasteiger partial charge is 0.369 e. The van der Waals surface area contributed by atoms with E-state index in [1.165, 1.54) is 28.6 Å². The number of alkyl halides is 1. The van der Waals surface area contributed by atoms with Crippen molar-refractivity contribution < 1.29 is 0 Å². The van der Waals surface area contributed by atoms with Crippen LogP contribution in [0.5, 0.6) is 0 Å². The minimum absolute atomic E-state index is 0.668. The molecule has 0 aromatic heterocycles. The number of anilines is 1. The molecule has 1 aromatic carbocycles. The fraction of sp³-hybridized carbons (Fsp3) is 0.571. The summed E-state index contributed by atoms with van der Waals surface area (Å²) in [6.07, 6.45) is 2.58. The molecule has 1 aliphatic heterocycles. The Hall–Kier alpha value is -0.0600. The zero-order chi connectivity index (χ0) is 13.1. The number of nitrogens with zero attached hydrogens (tertiary/aromatic N) is 2. The number of likely N-dealkylation sites (N-methyl/N-ethyl adjacent to an activating group) is 1. The molecule has 0 amide bonds. The number of piperidine rings is 1. The minimum atomic E-state index is 0.668. The lowest BCUT2D eigenvalue weighted by Gasteiger charge is -2.38. The Balaban J connectivity index is 2.15. The highest BCUT2D eigenvalue weighted by molar-refractivity contribution is 9.10. The third-order valence-corrected chi connectivity index (χ3v) is 4.92. The molecule has 0 bridgehead atoms. The molecule has 2 nitrogen and oxygen atoms in total. The number of benzene rings is 1. The van der Waals surface area contributed by atoms with Crippen LogP contribution in [-0.2, 0) is 5.33 Å². The van der Waals surface area contributed by atoms with Crippen LogP contribution in [0.1, 0.15) is 18.4 Å². The Morgan fingerprint density at radius 1 is 1.39 bits per heavy atom. The molecule has 1 aromatic rings. The maximum Gasteiger partial charge on any atom is 0.0511 e. The number of hydrogen-bond donors (Lipinski definition) is 0. The van der Waals surface area contributed by atoms with Crippen LogP contribution in [0, 0.1) is 0 Å². The van der Waals surface area contributed by atoms with Gasteiger partial charge < -0.3 is 9.80 Å². The van der Waals surface area contributed by atoms with E-state index in [0.29, 0.717) is 6.04 Å². The van der Waals surface area contributed by atoms with E-state index in [0.717, 1.165) is 18.4 Å². The molecule has 4 heteroatoms. The van der Waals surface area contributed by atoms with Crippen molar-refractivity contribution in [2.45, 2.75) is 24.2 Å². The first-order valence-corrected chi connectivity index (χ1v) is 8.29. The second-order valence-electron chi connectivity index (χ2n) is 5.13. The highest BCUT2D eigenvalue weighted by Gasteiger charge is 2.22. The first kappa shape index (κ1) is 14.4. The van der Waals surface area contributed by atoms with Crippen molar-refractivity contribution >= 4 is 37.5 Å². The smallest absolute Gasteiger partial charge is 0.0511 e. The summed E-state index contributed by atoms with van der Waals surface area (Å²) in [6, 6.07) is 7.32. The minimum Gasteiger partial charge on any atom is -0.369 e. The SMILES string of the molecule is CN(C)C1CCCN(c2ccc(CBr)cc2Br)C1. The molecule has 0 radical (unpaired) electrons. The van der Waals surface area contributed by atoms with Crippen molar-refractivity contribution in [1.29, 1.82) is 0 Å². The highest BCUT2D eigenvalue weighted by atomic mass is 79.9. The van der Waals surface area contributed by atoms with Gasteiger partial charge in [-0.25, -0.2) is 0 Å². The number of hydrogen-bond acceptors (Lipinski definition) is 2. The van der Waals surface area contributed by atoms with Crippen molar-refractivity contribution in [3.8, 4) is 0 Å². The maximum absolute atomic E-state index is 3.70. The van der Waals surface area contributed by atoms with Crippen LogP contribution in [0.15, 0.2) is 22.7 Å². The van der Waals surface area contributed by atoms with Gasteiger partial charge in [-0.15, -0.1) is 0 Å². The summed E-state index contributed by atoms with van der Waals surface area (Å²) in [5.41, 5.74) is 2.64. The van der Waals surface area contributed by atoms with Crippen LogP contribution in [0.3, 0.4) is 0 Å². The molecular weight excluding hydrogens is 356 g/mol. The van der Waals surface area contributed by atoms with E-state index in [4.69, 9.17) is 0 Å². The Kier molecular flexibility index (Phi) is 5.10. The second kappa shape index (κ2) is 6.40. The van der Waals surface area contributed by atoms with E-state index in [-0.39, 0.29) is 0 Å². The summed E-state index contributed by atoms with van der Waals surface area (Å²) in [5, 5.41) is 0.909. The zero-order valence-corrected chi connectivity index (χ0v) is 14.2. The van der Waals surface area contributed by atoms with Crippen LogP contribution >= 0.6 is 31.9 Å². The van der Waals surface area contributed by atoms with Gasteiger partial charge in [0.25, 0.3) is 0 Å². The topological polar surface area (TPSA) is 6.48 Å². The molecular formula is C14H20Br2N2. The molecule has 0 spiro atoms. The van der Waals surface area contributed by atoms with Gasteiger partial charge in [-0.2, -0.15) is 0 Å². The Labute approximate surface area is 127 Å². The summed E-state index contributed by atoms with van der Waals surface area (Å²) >= 11 is 7.20. The summed E-state index contributed by atoms with van der Waals surface area (Å²) in [6.45, 7) is 2.29. The van der Waals surface area contributed by atoms with Crippen molar-refractivity contribution in [1.82, 2.24) is 4.90 Å². The summed E-state index contributed by atoms with van der Waals surface area (Å²) in [5.74, 6) is 0. The van der Waals surface area contributed by atoms with Crippen LogP contribution < -0.4 is 4.90 Å². The zero-order valence-electron chi connectivity index (χ0n) is 11.0. The Morgan fingerprint density at radius 3 is 2.78 bits per heavy atom. The summed E-state index contributed by atoms with van der Waals surface area (Å²) in [7, 11) is 4.36. The highest BCUT2D eigenvalue weighted by Crippen LogP contribution is 2.30. The van der Waals surface area contributed by atoms with E-state index in [2.05, 4.69) is 74.0 Å². The van der Waals surface area contributed by atoms with Gasteiger partial charge in [0, 0.05) is 28.9 Å². The average Bonchev–Trinajstić information content (AvgIpc) is 2.38. The third-order valence-electron chi connectivity index (χ3n) is 3.63.